The Hall–Kier alpha value is -2.57. The molecular weight excluding hydrogens is 285 g/mol. The summed E-state index contributed by atoms with van der Waals surface area (Å²) in [6, 6.07) is 8.33. The van der Waals surface area contributed by atoms with Gasteiger partial charge in [-0.05, 0) is 30.3 Å². The molecule has 1 heterocycles. The molecule has 0 aliphatic rings. The van der Waals surface area contributed by atoms with Crippen molar-refractivity contribution in [2.45, 2.75) is 6.18 Å². The van der Waals surface area contributed by atoms with E-state index in [2.05, 4.69) is 10.3 Å². The molecule has 0 radical (unpaired) electrons. The number of ether oxygens (including phenoxy) is 1. The van der Waals surface area contributed by atoms with Gasteiger partial charge in [0.05, 0.1) is 12.7 Å². The van der Waals surface area contributed by atoms with Crippen molar-refractivity contribution >= 4 is 11.7 Å². The van der Waals surface area contributed by atoms with Crippen LogP contribution in [-0.2, 0) is 6.18 Å². The number of aromatic nitrogens is 1. The highest BCUT2D eigenvalue weighted by atomic mass is 19.4. The number of amides is 1. The lowest BCUT2D eigenvalue weighted by Gasteiger charge is -2.08. The second kappa shape index (κ2) is 5.82. The number of benzene rings is 1. The van der Waals surface area contributed by atoms with Gasteiger partial charge in [0.15, 0.2) is 0 Å². The van der Waals surface area contributed by atoms with Gasteiger partial charge >= 0.3 is 6.18 Å². The third-order valence-electron chi connectivity index (χ3n) is 2.66. The minimum atomic E-state index is -4.46. The Morgan fingerprint density at radius 1 is 1.24 bits per heavy atom. The van der Waals surface area contributed by atoms with Crippen LogP contribution in [0.2, 0.25) is 0 Å². The maximum atomic E-state index is 12.4. The van der Waals surface area contributed by atoms with Gasteiger partial charge in [-0.3, -0.25) is 4.79 Å². The molecule has 2 aromatic rings. The largest absolute Gasteiger partial charge is 0.497 e. The van der Waals surface area contributed by atoms with Crippen LogP contribution in [0.25, 0.3) is 0 Å². The van der Waals surface area contributed by atoms with Crippen LogP contribution in [0.5, 0.6) is 5.75 Å². The zero-order chi connectivity index (χ0) is 15.5. The molecule has 0 spiro atoms. The van der Waals surface area contributed by atoms with E-state index in [1.54, 1.807) is 18.2 Å². The molecule has 4 nitrogen and oxygen atoms in total. The number of rotatable bonds is 3. The number of anilines is 1. The molecule has 0 fully saturated rings. The van der Waals surface area contributed by atoms with Crippen molar-refractivity contribution in [2.75, 3.05) is 12.4 Å². The zero-order valence-corrected chi connectivity index (χ0v) is 10.9. The second-order valence-corrected chi connectivity index (χ2v) is 4.12. The van der Waals surface area contributed by atoms with E-state index < -0.39 is 17.6 Å². The van der Waals surface area contributed by atoms with Crippen LogP contribution in [0, 0.1) is 0 Å². The van der Waals surface area contributed by atoms with Crippen molar-refractivity contribution < 1.29 is 22.7 Å². The van der Waals surface area contributed by atoms with Crippen molar-refractivity contribution in [3.63, 3.8) is 0 Å². The standard InChI is InChI=1S/C14H11F3N2O2/c1-21-11-4-2-3-9(7-11)13(20)19-12-6-5-10(8-18-12)14(15,16)17/h2-8H,1H3,(H,18,19,20). The average Bonchev–Trinajstić information content (AvgIpc) is 2.47. The summed E-state index contributed by atoms with van der Waals surface area (Å²) in [7, 11) is 1.47. The molecule has 1 aromatic carbocycles. The van der Waals surface area contributed by atoms with Crippen LogP contribution in [0.4, 0.5) is 19.0 Å². The number of alkyl halides is 3. The van der Waals surface area contributed by atoms with Gasteiger partial charge in [0, 0.05) is 11.8 Å². The van der Waals surface area contributed by atoms with Gasteiger partial charge < -0.3 is 10.1 Å². The zero-order valence-electron chi connectivity index (χ0n) is 10.9. The topological polar surface area (TPSA) is 51.2 Å². The molecule has 110 valence electrons. The molecule has 0 saturated carbocycles. The molecular formula is C14H11F3N2O2. The molecule has 0 aliphatic heterocycles. The van der Waals surface area contributed by atoms with Crippen LogP contribution in [0.1, 0.15) is 15.9 Å². The van der Waals surface area contributed by atoms with E-state index in [-0.39, 0.29) is 5.82 Å². The molecule has 0 aliphatic carbocycles. The first kappa shape index (κ1) is 14.8. The number of halogens is 3. The highest BCUT2D eigenvalue weighted by molar-refractivity contribution is 6.03. The number of hydrogen-bond donors (Lipinski definition) is 1. The summed E-state index contributed by atoms with van der Waals surface area (Å²) in [6.45, 7) is 0. The molecule has 1 N–H and O–H groups in total. The lowest BCUT2D eigenvalue weighted by atomic mass is 10.2. The first-order chi connectivity index (χ1) is 9.90. The van der Waals surface area contributed by atoms with Crippen LogP contribution in [0.15, 0.2) is 42.6 Å². The highest BCUT2D eigenvalue weighted by Crippen LogP contribution is 2.28. The van der Waals surface area contributed by atoms with Gasteiger partial charge in [0.25, 0.3) is 5.91 Å². The predicted octanol–water partition coefficient (Wildman–Crippen LogP) is 3.36. The molecule has 0 atom stereocenters. The van der Waals surface area contributed by atoms with Crippen molar-refractivity contribution in [1.82, 2.24) is 4.98 Å². The third-order valence-corrected chi connectivity index (χ3v) is 2.66. The summed E-state index contributed by atoms with van der Waals surface area (Å²) in [6.07, 6.45) is -3.79. The first-order valence-corrected chi connectivity index (χ1v) is 5.89. The van der Waals surface area contributed by atoms with E-state index in [0.717, 1.165) is 12.1 Å². The fraction of sp³-hybridized carbons (Fsp3) is 0.143. The van der Waals surface area contributed by atoms with E-state index in [9.17, 15) is 18.0 Å². The maximum Gasteiger partial charge on any atom is 0.417 e. The van der Waals surface area contributed by atoms with Crippen molar-refractivity contribution in [2.24, 2.45) is 0 Å². The maximum absolute atomic E-state index is 12.4. The number of carbonyl (C=O) groups excluding carboxylic acids is 1. The summed E-state index contributed by atoms with van der Waals surface area (Å²) in [5, 5.41) is 2.42. The Morgan fingerprint density at radius 3 is 2.57 bits per heavy atom. The number of carbonyl (C=O) groups is 1. The molecule has 2 rings (SSSR count). The van der Waals surface area contributed by atoms with Crippen LogP contribution in [-0.4, -0.2) is 18.0 Å². The lowest BCUT2D eigenvalue weighted by molar-refractivity contribution is -0.137. The van der Waals surface area contributed by atoms with Crippen molar-refractivity contribution in [3.05, 3.63) is 53.7 Å². The molecule has 7 heteroatoms. The van der Waals surface area contributed by atoms with E-state index in [1.165, 1.54) is 13.2 Å². The Morgan fingerprint density at radius 2 is 2.00 bits per heavy atom. The summed E-state index contributed by atoms with van der Waals surface area (Å²) < 4.78 is 42.2. The first-order valence-electron chi connectivity index (χ1n) is 5.89. The number of nitrogens with one attached hydrogen (secondary N) is 1. The van der Waals surface area contributed by atoms with E-state index >= 15 is 0 Å². The minimum absolute atomic E-state index is 0.0378. The number of hydrogen-bond acceptors (Lipinski definition) is 3. The molecule has 1 amide bonds. The Kier molecular flexibility index (Phi) is 4.11. The van der Waals surface area contributed by atoms with Gasteiger partial charge in [-0.25, -0.2) is 4.98 Å². The minimum Gasteiger partial charge on any atom is -0.497 e. The van der Waals surface area contributed by atoms with E-state index in [1.807, 2.05) is 0 Å². The fourth-order valence-corrected chi connectivity index (χ4v) is 1.59. The number of nitrogens with zero attached hydrogens (tertiary/aromatic N) is 1. The highest BCUT2D eigenvalue weighted by Gasteiger charge is 2.30. The third kappa shape index (κ3) is 3.71. The SMILES string of the molecule is COc1cccc(C(=O)Nc2ccc(C(F)(F)F)cn2)c1. The van der Waals surface area contributed by atoms with Crippen molar-refractivity contribution in [3.8, 4) is 5.75 Å². The van der Waals surface area contributed by atoms with Crippen LogP contribution < -0.4 is 10.1 Å². The molecule has 0 unspecified atom stereocenters. The van der Waals surface area contributed by atoms with Gasteiger partial charge in [0.1, 0.15) is 11.6 Å². The monoisotopic (exact) mass is 296 g/mol. The lowest BCUT2D eigenvalue weighted by Crippen LogP contribution is -2.13. The normalized spacial score (nSPS) is 11.0. The summed E-state index contributed by atoms with van der Waals surface area (Å²) in [5.41, 5.74) is -0.557. The summed E-state index contributed by atoms with van der Waals surface area (Å²) in [4.78, 5) is 15.5. The molecule has 1 aromatic heterocycles. The van der Waals surface area contributed by atoms with Crippen molar-refractivity contribution in [1.29, 1.82) is 0 Å². The molecule has 21 heavy (non-hydrogen) atoms. The van der Waals surface area contributed by atoms with E-state index in [0.29, 0.717) is 17.5 Å². The smallest absolute Gasteiger partial charge is 0.417 e. The van der Waals surface area contributed by atoms with Crippen LogP contribution >= 0.6 is 0 Å². The van der Waals surface area contributed by atoms with Gasteiger partial charge in [0.2, 0.25) is 0 Å². The Labute approximate surface area is 118 Å². The Bertz CT molecular complexity index is 639. The van der Waals surface area contributed by atoms with E-state index in [4.69, 9.17) is 4.74 Å². The number of pyridine rings is 1. The number of methoxy groups -OCH3 is 1. The van der Waals surface area contributed by atoms with Crippen LogP contribution in [0.3, 0.4) is 0 Å². The van der Waals surface area contributed by atoms with Gasteiger partial charge in [-0.2, -0.15) is 13.2 Å². The summed E-state index contributed by atoms with van der Waals surface area (Å²) in [5.74, 6) is 0.0556. The van der Waals surface area contributed by atoms with Gasteiger partial charge in [-0.15, -0.1) is 0 Å². The molecule has 0 saturated heterocycles. The quantitative estimate of drug-likeness (QED) is 0.945. The fourth-order valence-electron chi connectivity index (χ4n) is 1.59. The predicted molar refractivity (Wildman–Crippen MR) is 70.2 cm³/mol. The molecule has 0 bridgehead atoms. The second-order valence-electron chi connectivity index (χ2n) is 4.12. The summed E-state index contributed by atoms with van der Waals surface area (Å²) >= 11 is 0. The van der Waals surface area contributed by atoms with Gasteiger partial charge in [-0.1, -0.05) is 6.07 Å². The average molecular weight is 296 g/mol. The Balaban J connectivity index is 2.12.